The summed E-state index contributed by atoms with van der Waals surface area (Å²) < 4.78 is 0. The zero-order valence-corrected chi connectivity index (χ0v) is 10.2. The van der Waals surface area contributed by atoms with Gasteiger partial charge in [0.25, 0.3) is 0 Å². The molecular weight excluding hydrogens is 194 g/mol. The molecule has 2 N–H and O–H groups in total. The van der Waals surface area contributed by atoms with Gasteiger partial charge in [-0.2, -0.15) is 0 Å². The van der Waals surface area contributed by atoms with Gasteiger partial charge in [0.2, 0.25) is 0 Å². The van der Waals surface area contributed by atoms with Crippen LogP contribution in [0.3, 0.4) is 0 Å². The van der Waals surface area contributed by atoms with E-state index in [1.807, 2.05) is 0 Å². The minimum atomic E-state index is 0.293. The van der Waals surface area contributed by atoms with Crippen molar-refractivity contribution in [2.75, 3.05) is 26.7 Å². The van der Waals surface area contributed by atoms with Crippen LogP contribution in [0.2, 0.25) is 0 Å². The summed E-state index contributed by atoms with van der Waals surface area (Å²) in [4.78, 5) is 5.43. The smallest absolute Gasteiger partial charge is 0.0901 e. The van der Waals surface area contributed by atoms with E-state index in [1.54, 1.807) is 0 Å². The highest BCUT2D eigenvalue weighted by atomic mass is 32.1. The maximum atomic E-state index is 5.73. The summed E-state index contributed by atoms with van der Waals surface area (Å²) in [6.45, 7) is 7.66. The normalized spacial score (nSPS) is 27.5. The van der Waals surface area contributed by atoms with E-state index in [9.17, 15) is 0 Å². The Morgan fingerprint density at radius 1 is 1.57 bits per heavy atom. The molecule has 0 saturated carbocycles. The molecule has 82 valence electrons. The van der Waals surface area contributed by atoms with Crippen LogP contribution in [0.1, 0.15) is 20.3 Å². The van der Waals surface area contributed by atoms with E-state index in [1.165, 1.54) is 0 Å². The van der Waals surface area contributed by atoms with Crippen molar-refractivity contribution in [3.05, 3.63) is 0 Å². The summed E-state index contributed by atoms with van der Waals surface area (Å²) in [5, 5.41) is 0. The van der Waals surface area contributed by atoms with Gasteiger partial charge in [0.05, 0.1) is 11.0 Å². The third-order valence-electron chi connectivity index (χ3n) is 3.15. The summed E-state index contributed by atoms with van der Waals surface area (Å²) in [5.74, 6) is 0. The van der Waals surface area contributed by atoms with E-state index in [0.29, 0.717) is 17.1 Å². The summed E-state index contributed by atoms with van der Waals surface area (Å²) >= 11 is 5.09. The second-order valence-electron chi connectivity index (χ2n) is 4.15. The van der Waals surface area contributed by atoms with Crippen molar-refractivity contribution in [3.63, 3.8) is 0 Å². The first kappa shape index (κ1) is 11.9. The molecule has 0 spiro atoms. The molecule has 0 amide bonds. The van der Waals surface area contributed by atoms with Crippen LogP contribution in [0, 0.1) is 0 Å². The number of likely N-dealkylation sites (N-methyl/N-ethyl adjacent to an activating group) is 1. The second-order valence-corrected chi connectivity index (χ2v) is 4.62. The number of hydrogen-bond donors (Lipinski definition) is 1. The first-order chi connectivity index (χ1) is 6.56. The maximum absolute atomic E-state index is 5.73. The van der Waals surface area contributed by atoms with Crippen LogP contribution in [0.4, 0.5) is 0 Å². The van der Waals surface area contributed by atoms with Crippen molar-refractivity contribution < 1.29 is 0 Å². The third-order valence-corrected chi connectivity index (χ3v) is 3.42. The Kier molecular flexibility index (Phi) is 4.29. The van der Waals surface area contributed by atoms with Gasteiger partial charge in [-0.1, -0.05) is 19.1 Å². The Bertz CT molecular complexity index is 208. The lowest BCUT2D eigenvalue weighted by molar-refractivity contribution is 0.0906. The fourth-order valence-corrected chi connectivity index (χ4v) is 2.31. The molecular formula is C10H21N3S. The van der Waals surface area contributed by atoms with Gasteiger partial charge in [-0.3, -0.25) is 4.90 Å². The average Bonchev–Trinajstić information content (AvgIpc) is 2.11. The van der Waals surface area contributed by atoms with E-state index in [-0.39, 0.29) is 0 Å². The van der Waals surface area contributed by atoms with E-state index in [2.05, 4.69) is 30.7 Å². The molecule has 1 rings (SSSR count). The molecule has 0 aromatic heterocycles. The van der Waals surface area contributed by atoms with E-state index in [4.69, 9.17) is 18.0 Å². The molecule has 0 aromatic carbocycles. The first-order valence-corrected chi connectivity index (χ1v) is 5.70. The lowest BCUT2D eigenvalue weighted by Crippen LogP contribution is -2.56. The quantitative estimate of drug-likeness (QED) is 0.702. The van der Waals surface area contributed by atoms with Gasteiger partial charge >= 0.3 is 0 Å². The highest BCUT2D eigenvalue weighted by Gasteiger charge is 2.26. The number of rotatable bonds is 3. The summed E-state index contributed by atoms with van der Waals surface area (Å²) in [7, 11) is 2.17. The molecule has 0 radical (unpaired) electrons. The Morgan fingerprint density at radius 3 is 2.64 bits per heavy atom. The van der Waals surface area contributed by atoms with Gasteiger partial charge in [-0.25, -0.2) is 0 Å². The van der Waals surface area contributed by atoms with Gasteiger partial charge < -0.3 is 10.6 Å². The van der Waals surface area contributed by atoms with Crippen LogP contribution >= 0.6 is 12.2 Å². The number of piperazine rings is 1. The first-order valence-electron chi connectivity index (χ1n) is 5.29. The molecule has 0 aliphatic carbocycles. The standard InChI is InChI=1S/C10H21N3S/c1-4-9(10(11)14)13-6-5-12(3)8(2)7-13/h8-9H,4-7H2,1-3H3,(H2,11,14). The number of thiocarbonyl (C=S) groups is 1. The molecule has 1 fully saturated rings. The Balaban J connectivity index is 2.56. The minimum Gasteiger partial charge on any atom is -0.392 e. The van der Waals surface area contributed by atoms with E-state index in [0.717, 1.165) is 26.1 Å². The largest absolute Gasteiger partial charge is 0.392 e. The lowest BCUT2D eigenvalue weighted by Gasteiger charge is -2.41. The van der Waals surface area contributed by atoms with Gasteiger partial charge in [-0.05, 0) is 20.4 Å². The predicted octanol–water partition coefficient (Wildman–Crippen LogP) is 0.687. The number of hydrogen-bond acceptors (Lipinski definition) is 3. The number of nitrogens with two attached hydrogens (primary N) is 1. The molecule has 0 bridgehead atoms. The molecule has 1 aliphatic rings. The van der Waals surface area contributed by atoms with Crippen LogP contribution in [-0.2, 0) is 0 Å². The summed E-state index contributed by atoms with van der Waals surface area (Å²) in [6, 6.07) is 0.897. The van der Waals surface area contributed by atoms with Gasteiger partial charge in [0.1, 0.15) is 0 Å². The summed E-state index contributed by atoms with van der Waals surface area (Å²) in [5.41, 5.74) is 5.73. The average molecular weight is 215 g/mol. The van der Waals surface area contributed by atoms with Crippen LogP contribution in [0.15, 0.2) is 0 Å². The zero-order chi connectivity index (χ0) is 10.7. The SMILES string of the molecule is CCC(C(N)=S)N1CCN(C)C(C)C1. The molecule has 1 heterocycles. The molecule has 2 atom stereocenters. The molecule has 1 saturated heterocycles. The Morgan fingerprint density at radius 2 is 2.21 bits per heavy atom. The van der Waals surface area contributed by atoms with E-state index < -0.39 is 0 Å². The maximum Gasteiger partial charge on any atom is 0.0901 e. The highest BCUT2D eigenvalue weighted by molar-refractivity contribution is 7.80. The van der Waals surface area contributed by atoms with Crippen molar-refractivity contribution in [2.24, 2.45) is 5.73 Å². The second kappa shape index (κ2) is 5.05. The molecule has 4 heteroatoms. The minimum absolute atomic E-state index is 0.293. The van der Waals surface area contributed by atoms with Crippen LogP contribution in [-0.4, -0.2) is 53.6 Å². The van der Waals surface area contributed by atoms with Crippen molar-refractivity contribution in [2.45, 2.75) is 32.4 Å². The Hall–Kier alpha value is -0.190. The molecule has 0 aromatic rings. The molecule has 3 nitrogen and oxygen atoms in total. The van der Waals surface area contributed by atoms with Crippen LogP contribution in [0.5, 0.6) is 0 Å². The zero-order valence-electron chi connectivity index (χ0n) is 9.36. The van der Waals surface area contributed by atoms with Gasteiger partial charge in [0.15, 0.2) is 0 Å². The van der Waals surface area contributed by atoms with Crippen molar-refractivity contribution in [3.8, 4) is 0 Å². The van der Waals surface area contributed by atoms with Gasteiger partial charge in [0, 0.05) is 25.7 Å². The third kappa shape index (κ3) is 2.65. The fourth-order valence-electron chi connectivity index (χ4n) is 2.00. The van der Waals surface area contributed by atoms with Crippen LogP contribution in [0.25, 0.3) is 0 Å². The number of nitrogens with zero attached hydrogens (tertiary/aromatic N) is 2. The highest BCUT2D eigenvalue weighted by Crippen LogP contribution is 2.12. The van der Waals surface area contributed by atoms with Crippen molar-refractivity contribution in [1.29, 1.82) is 0 Å². The fraction of sp³-hybridized carbons (Fsp3) is 0.900. The van der Waals surface area contributed by atoms with E-state index >= 15 is 0 Å². The van der Waals surface area contributed by atoms with Gasteiger partial charge in [-0.15, -0.1) is 0 Å². The topological polar surface area (TPSA) is 32.5 Å². The summed E-state index contributed by atoms with van der Waals surface area (Å²) in [6.07, 6.45) is 1.02. The van der Waals surface area contributed by atoms with Crippen LogP contribution < -0.4 is 5.73 Å². The molecule has 14 heavy (non-hydrogen) atoms. The Labute approximate surface area is 92.2 Å². The van der Waals surface area contributed by atoms with Crippen molar-refractivity contribution >= 4 is 17.2 Å². The van der Waals surface area contributed by atoms with Crippen molar-refractivity contribution in [1.82, 2.24) is 9.80 Å². The molecule has 1 aliphatic heterocycles. The monoisotopic (exact) mass is 215 g/mol. The molecule has 2 unspecified atom stereocenters. The lowest BCUT2D eigenvalue weighted by atomic mass is 10.1. The predicted molar refractivity (Wildman–Crippen MR) is 64.5 cm³/mol.